The Morgan fingerprint density at radius 3 is 2.10 bits per heavy atom. The molecule has 2 fully saturated rings. The maximum absolute atomic E-state index is 13.9. The number of nitrogens with one attached hydrogen (secondary N) is 1. The highest BCUT2D eigenvalue weighted by molar-refractivity contribution is 7.98. The molecule has 1 spiro atoms. The van der Waals surface area contributed by atoms with Crippen molar-refractivity contribution < 1.29 is 22.7 Å². The summed E-state index contributed by atoms with van der Waals surface area (Å²) in [6.07, 6.45) is 7.25. The molecule has 2 saturated heterocycles. The van der Waals surface area contributed by atoms with Gasteiger partial charge in [-0.25, -0.2) is 18.4 Å². The lowest BCUT2D eigenvalue weighted by Gasteiger charge is -2.47. The number of likely N-dealkylation sites (tertiary alicyclic amines) is 2. The summed E-state index contributed by atoms with van der Waals surface area (Å²) in [5, 5.41) is 0.754. The number of ether oxygens (including phenoxy) is 1. The molecule has 0 saturated carbocycles. The lowest BCUT2D eigenvalue weighted by atomic mass is 9.71. The van der Waals surface area contributed by atoms with Gasteiger partial charge in [-0.15, -0.1) is 11.8 Å². The first kappa shape index (κ1) is 34.9. The van der Waals surface area contributed by atoms with E-state index in [1.165, 1.54) is 16.1 Å². The van der Waals surface area contributed by atoms with Gasteiger partial charge in [0.1, 0.15) is 22.1 Å². The maximum atomic E-state index is 13.9. The van der Waals surface area contributed by atoms with E-state index in [4.69, 9.17) is 9.72 Å². The van der Waals surface area contributed by atoms with Crippen molar-refractivity contribution in [2.75, 3.05) is 46.6 Å². The van der Waals surface area contributed by atoms with Crippen LogP contribution in [0.3, 0.4) is 0 Å². The van der Waals surface area contributed by atoms with Crippen molar-refractivity contribution in [1.82, 2.24) is 29.1 Å². The monoisotopic (exact) mass is 704 g/mol. The predicted octanol–water partition coefficient (Wildman–Crippen LogP) is 5.85. The number of aromatic amines is 1. The number of fused-ring (bicyclic) bond motifs is 1. The number of aromatic nitrogens is 3. The second kappa shape index (κ2) is 13.8. The van der Waals surface area contributed by atoms with E-state index in [-0.39, 0.29) is 22.1 Å². The number of methoxy groups -OCH3 is 1. The van der Waals surface area contributed by atoms with E-state index in [1.807, 2.05) is 40.3 Å². The van der Waals surface area contributed by atoms with Gasteiger partial charge in [-0.05, 0) is 106 Å². The summed E-state index contributed by atoms with van der Waals surface area (Å²) in [6, 6.07) is 11.9. The number of pyridine rings is 1. The van der Waals surface area contributed by atoms with Gasteiger partial charge in [0.05, 0.1) is 34.7 Å². The standard InChI is InChI=1S/C36H44N6O5S2/c1-23-21-26(47-5)22-24(2)31(23)49(45,46)40(4)25(3)32-38-29-11-7-9-27(30(29)39-32)34(43)41-17-12-36(13-18-41)14-19-42(20-15-36)35(44)28-10-8-16-37-33(28)48-6/h7-11,16,21-22,25H,12-15,17-20H2,1-6H3,(H,38,39). The first-order valence-electron chi connectivity index (χ1n) is 16.6. The number of aryl methyl sites for hydroxylation is 2. The Balaban J connectivity index is 1.13. The normalized spacial score (nSPS) is 17.1. The first-order chi connectivity index (χ1) is 23.4. The number of hydrogen-bond donors (Lipinski definition) is 1. The summed E-state index contributed by atoms with van der Waals surface area (Å²) in [4.78, 5) is 43.7. The van der Waals surface area contributed by atoms with E-state index in [2.05, 4.69) is 9.97 Å². The van der Waals surface area contributed by atoms with E-state index < -0.39 is 16.1 Å². The van der Waals surface area contributed by atoms with Gasteiger partial charge in [-0.1, -0.05) is 6.07 Å². The average Bonchev–Trinajstić information content (AvgIpc) is 3.55. The number of hydrogen-bond acceptors (Lipinski definition) is 8. The van der Waals surface area contributed by atoms with Gasteiger partial charge in [0.15, 0.2) is 0 Å². The number of para-hydroxylation sites is 1. The second-order valence-electron chi connectivity index (χ2n) is 13.3. The molecule has 4 aromatic rings. The summed E-state index contributed by atoms with van der Waals surface area (Å²) in [5.41, 5.74) is 3.69. The summed E-state index contributed by atoms with van der Waals surface area (Å²) < 4.78 is 34.3. The lowest BCUT2D eigenvalue weighted by molar-refractivity contribution is 0.0279. The topological polar surface area (TPSA) is 129 Å². The van der Waals surface area contributed by atoms with Crippen molar-refractivity contribution in [3.05, 3.63) is 76.7 Å². The molecule has 1 N–H and O–H groups in total. The number of sulfonamides is 1. The number of piperidine rings is 2. The van der Waals surface area contributed by atoms with Crippen LogP contribution in [-0.2, 0) is 10.0 Å². The molecule has 2 amide bonds. The van der Waals surface area contributed by atoms with Crippen molar-refractivity contribution in [3.63, 3.8) is 0 Å². The molecule has 1 atom stereocenters. The molecule has 13 heteroatoms. The van der Waals surface area contributed by atoms with Crippen molar-refractivity contribution in [3.8, 4) is 5.75 Å². The van der Waals surface area contributed by atoms with Gasteiger partial charge in [-0.2, -0.15) is 4.31 Å². The van der Waals surface area contributed by atoms with E-state index in [1.54, 1.807) is 59.3 Å². The minimum absolute atomic E-state index is 0.0375. The molecule has 0 radical (unpaired) electrons. The molecule has 2 aliphatic rings. The second-order valence-corrected chi connectivity index (χ2v) is 16.0. The number of imidazole rings is 1. The molecule has 0 bridgehead atoms. The molecule has 1 unspecified atom stereocenters. The van der Waals surface area contributed by atoms with Crippen LogP contribution in [0.1, 0.15) is 76.3 Å². The van der Waals surface area contributed by atoms with Crippen LogP contribution in [0.4, 0.5) is 0 Å². The Morgan fingerprint density at radius 2 is 1.53 bits per heavy atom. The molecule has 49 heavy (non-hydrogen) atoms. The van der Waals surface area contributed by atoms with Crippen molar-refractivity contribution in [2.24, 2.45) is 5.41 Å². The number of thioether (sulfide) groups is 1. The van der Waals surface area contributed by atoms with Gasteiger partial charge < -0.3 is 19.5 Å². The van der Waals surface area contributed by atoms with Crippen LogP contribution in [0, 0.1) is 19.3 Å². The number of H-pyrrole nitrogens is 1. The highest BCUT2D eigenvalue weighted by Gasteiger charge is 2.40. The number of amides is 2. The fraction of sp³-hybridized carbons (Fsp3) is 0.444. The average molecular weight is 705 g/mol. The zero-order valence-corrected chi connectivity index (χ0v) is 30.6. The third-order valence-electron chi connectivity index (χ3n) is 10.4. The van der Waals surface area contributed by atoms with Crippen molar-refractivity contribution in [1.29, 1.82) is 0 Å². The van der Waals surface area contributed by atoms with Crippen LogP contribution in [0.5, 0.6) is 5.75 Å². The summed E-state index contributed by atoms with van der Waals surface area (Å²) in [6.45, 7) is 7.98. The van der Waals surface area contributed by atoms with Gasteiger partial charge >= 0.3 is 0 Å². The Morgan fingerprint density at radius 1 is 0.959 bits per heavy atom. The molecule has 260 valence electrons. The zero-order chi connectivity index (χ0) is 35.1. The van der Waals surface area contributed by atoms with E-state index in [0.29, 0.717) is 71.0 Å². The smallest absolute Gasteiger partial charge is 0.256 e. The number of benzene rings is 2. The number of nitrogens with zero attached hydrogens (tertiary/aromatic N) is 5. The highest BCUT2D eigenvalue weighted by Crippen LogP contribution is 2.42. The van der Waals surface area contributed by atoms with Crippen LogP contribution in [0.2, 0.25) is 0 Å². The predicted molar refractivity (Wildman–Crippen MR) is 191 cm³/mol. The summed E-state index contributed by atoms with van der Waals surface area (Å²) in [7, 11) is -0.773. The van der Waals surface area contributed by atoms with Crippen LogP contribution in [0.25, 0.3) is 11.0 Å². The molecule has 2 aliphatic heterocycles. The number of carbonyl (C=O) groups is 2. The largest absolute Gasteiger partial charge is 0.497 e. The quantitative estimate of drug-likeness (QED) is 0.227. The zero-order valence-electron chi connectivity index (χ0n) is 28.9. The number of carbonyl (C=O) groups excluding carboxylic acids is 2. The molecule has 4 heterocycles. The van der Waals surface area contributed by atoms with E-state index in [9.17, 15) is 18.0 Å². The SMILES string of the molecule is COc1cc(C)c(S(=O)(=O)N(C)C(C)c2nc3c(C(=O)N4CCC5(CCN(C(=O)c6cccnc6SC)CC5)CC4)cccc3[nH]2)c(C)c1. The first-order valence-corrected chi connectivity index (χ1v) is 19.2. The van der Waals surface area contributed by atoms with Crippen LogP contribution < -0.4 is 4.74 Å². The third-order valence-corrected chi connectivity index (χ3v) is 13.4. The maximum Gasteiger partial charge on any atom is 0.256 e. The highest BCUT2D eigenvalue weighted by atomic mass is 32.2. The minimum atomic E-state index is -3.88. The molecular formula is C36H44N6O5S2. The number of rotatable bonds is 8. The fourth-order valence-electron chi connectivity index (χ4n) is 7.31. The summed E-state index contributed by atoms with van der Waals surface area (Å²) >= 11 is 1.48. The molecule has 2 aromatic heterocycles. The van der Waals surface area contributed by atoms with E-state index in [0.717, 1.165) is 30.7 Å². The molecule has 11 nitrogen and oxygen atoms in total. The Kier molecular flexibility index (Phi) is 9.80. The van der Waals surface area contributed by atoms with Crippen LogP contribution in [0.15, 0.2) is 58.6 Å². The van der Waals surface area contributed by atoms with Gasteiger partial charge in [-0.3, -0.25) is 9.59 Å². The summed E-state index contributed by atoms with van der Waals surface area (Å²) in [5.74, 6) is 1.02. The molecule has 0 aliphatic carbocycles. The Hall–Kier alpha value is -3.94. The molecule has 2 aromatic carbocycles. The van der Waals surface area contributed by atoms with Gasteiger partial charge in [0, 0.05) is 39.4 Å². The lowest BCUT2D eigenvalue weighted by Crippen LogP contribution is -2.49. The van der Waals surface area contributed by atoms with Gasteiger partial charge in [0.2, 0.25) is 10.0 Å². The Labute approximate surface area is 292 Å². The molecule has 6 rings (SSSR count). The van der Waals surface area contributed by atoms with Crippen LogP contribution >= 0.6 is 11.8 Å². The Bertz CT molecular complexity index is 1970. The van der Waals surface area contributed by atoms with Gasteiger partial charge in [0.25, 0.3) is 11.8 Å². The fourth-order valence-corrected chi connectivity index (χ4v) is 9.58. The minimum Gasteiger partial charge on any atom is -0.497 e. The van der Waals surface area contributed by atoms with E-state index >= 15 is 0 Å². The van der Waals surface area contributed by atoms with Crippen molar-refractivity contribution >= 4 is 44.6 Å². The molecular weight excluding hydrogens is 661 g/mol. The third kappa shape index (κ3) is 6.55. The van der Waals surface area contributed by atoms with Crippen molar-refractivity contribution in [2.45, 2.75) is 62.4 Å². The van der Waals surface area contributed by atoms with Crippen LogP contribution in [-0.4, -0.2) is 95.9 Å².